The van der Waals surface area contributed by atoms with Crippen LogP contribution in [0.2, 0.25) is 0 Å². The predicted octanol–water partition coefficient (Wildman–Crippen LogP) is 3.82. The molecule has 1 aromatic carbocycles. The summed E-state index contributed by atoms with van der Waals surface area (Å²) in [5.41, 5.74) is 2.62. The fourth-order valence-corrected chi connectivity index (χ4v) is 1.95. The van der Waals surface area contributed by atoms with Crippen LogP contribution in [0.15, 0.2) is 48.8 Å². The second kappa shape index (κ2) is 6.88. The predicted molar refractivity (Wildman–Crippen MR) is 83.3 cm³/mol. The Morgan fingerprint density at radius 3 is 2.43 bits per heavy atom. The number of nitrogens with zero attached hydrogens (tertiary/aromatic N) is 1. The number of esters is 1. The zero-order valence-electron chi connectivity index (χ0n) is 12.5. The van der Waals surface area contributed by atoms with Crippen molar-refractivity contribution in [3.05, 3.63) is 59.9 Å². The highest BCUT2D eigenvalue weighted by atomic mass is 16.5. The molecule has 0 bridgehead atoms. The largest absolute Gasteiger partial charge is 0.459 e. The first-order valence-corrected chi connectivity index (χ1v) is 7.04. The molecule has 4 heteroatoms. The first kappa shape index (κ1) is 15.0. The standard InChI is InChI=1S/C17H20N2O2/c1-12(2)21-17(20)14-6-8-16(9-7-14)19-13(3)15-5-4-10-18-11-15/h4-13,19H,1-3H3. The molecule has 4 nitrogen and oxygen atoms in total. The van der Waals surface area contributed by atoms with Gasteiger partial charge < -0.3 is 10.1 Å². The number of anilines is 1. The van der Waals surface area contributed by atoms with Gasteiger partial charge in [0, 0.05) is 18.1 Å². The lowest BCUT2D eigenvalue weighted by atomic mass is 10.1. The number of ether oxygens (including phenoxy) is 1. The van der Waals surface area contributed by atoms with Gasteiger partial charge >= 0.3 is 5.97 Å². The van der Waals surface area contributed by atoms with E-state index in [4.69, 9.17) is 4.74 Å². The van der Waals surface area contributed by atoms with E-state index < -0.39 is 0 Å². The summed E-state index contributed by atoms with van der Waals surface area (Å²) in [4.78, 5) is 15.9. The van der Waals surface area contributed by atoms with E-state index in [1.807, 2.05) is 44.3 Å². The first-order valence-electron chi connectivity index (χ1n) is 7.04. The molecule has 0 saturated carbocycles. The molecule has 0 radical (unpaired) electrons. The van der Waals surface area contributed by atoms with Gasteiger partial charge in [0.1, 0.15) is 0 Å². The normalized spacial score (nSPS) is 12.0. The fourth-order valence-electron chi connectivity index (χ4n) is 1.95. The van der Waals surface area contributed by atoms with E-state index in [9.17, 15) is 4.79 Å². The minimum absolute atomic E-state index is 0.110. The zero-order chi connectivity index (χ0) is 15.2. The summed E-state index contributed by atoms with van der Waals surface area (Å²) in [7, 11) is 0. The summed E-state index contributed by atoms with van der Waals surface area (Å²) in [5, 5.41) is 3.37. The fraction of sp³-hybridized carbons (Fsp3) is 0.294. The Hall–Kier alpha value is -2.36. The van der Waals surface area contributed by atoms with Gasteiger partial charge in [-0.2, -0.15) is 0 Å². The molecule has 21 heavy (non-hydrogen) atoms. The van der Waals surface area contributed by atoms with Crippen molar-refractivity contribution in [1.29, 1.82) is 0 Å². The van der Waals surface area contributed by atoms with Crippen molar-refractivity contribution in [1.82, 2.24) is 4.98 Å². The summed E-state index contributed by atoms with van der Waals surface area (Å²) in [5.74, 6) is -0.295. The molecule has 1 atom stereocenters. The minimum Gasteiger partial charge on any atom is -0.459 e. The Bertz CT molecular complexity index is 579. The quantitative estimate of drug-likeness (QED) is 0.848. The van der Waals surface area contributed by atoms with Gasteiger partial charge in [-0.3, -0.25) is 4.98 Å². The molecule has 0 spiro atoms. The van der Waals surface area contributed by atoms with Crippen molar-refractivity contribution < 1.29 is 9.53 Å². The third-order valence-corrected chi connectivity index (χ3v) is 3.03. The smallest absolute Gasteiger partial charge is 0.338 e. The van der Waals surface area contributed by atoms with Gasteiger partial charge in [0.15, 0.2) is 0 Å². The highest BCUT2D eigenvalue weighted by molar-refractivity contribution is 5.89. The lowest BCUT2D eigenvalue weighted by molar-refractivity contribution is 0.0378. The van der Waals surface area contributed by atoms with E-state index >= 15 is 0 Å². The number of carbonyl (C=O) groups excluding carboxylic acids is 1. The SMILES string of the molecule is CC(C)OC(=O)c1ccc(NC(C)c2cccnc2)cc1. The van der Waals surface area contributed by atoms with Crippen molar-refractivity contribution in [2.24, 2.45) is 0 Å². The summed E-state index contributed by atoms with van der Waals surface area (Å²) in [6.07, 6.45) is 3.48. The molecule has 0 aliphatic rings. The molecule has 0 fully saturated rings. The highest BCUT2D eigenvalue weighted by Gasteiger charge is 2.10. The molecule has 2 rings (SSSR count). The van der Waals surface area contributed by atoms with Crippen LogP contribution >= 0.6 is 0 Å². The Morgan fingerprint density at radius 1 is 1.14 bits per heavy atom. The van der Waals surface area contributed by atoms with Gasteiger partial charge in [0.05, 0.1) is 17.7 Å². The first-order chi connectivity index (χ1) is 10.1. The van der Waals surface area contributed by atoms with Crippen LogP contribution in [0.1, 0.15) is 42.7 Å². The monoisotopic (exact) mass is 284 g/mol. The number of hydrogen-bond acceptors (Lipinski definition) is 4. The van der Waals surface area contributed by atoms with Gasteiger partial charge in [-0.25, -0.2) is 4.79 Å². The van der Waals surface area contributed by atoms with Crippen LogP contribution in [0.3, 0.4) is 0 Å². The number of aromatic nitrogens is 1. The van der Waals surface area contributed by atoms with Gasteiger partial charge in [0.2, 0.25) is 0 Å². The molecule has 0 amide bonds. The molecule has 1 aromatic heterocycles. The van der Waals surface area contributed by atoms with E-state index in [2.05, 4.69) is 17.2 Å². The molecule has 0 aliphatic heterocycles. The van der Waals surface area contributed by atoms with E-state index in [1.165, 1.54) is 0 Å². The maximum atomic E-state index is 11.8. The topological polar surface area (TPSA) is 51.2 Å². The third kappa shape index (κ3) is 4.31. The summed E-state index contributed by atoms with van der Waals surface area (Å²) in [6.45, 7) is 5.74. The lowest BCUT2D eigenvalue weighted by Crippen LogP contribution is -2.12. The van der Waals surface area contributed by atoms with E-state index in [1.54, 1.807) is 18.3 Å². The maximum absolute atomic E-state index is 11.8. The Labute approximate surface area is 125 Å². The molecular formula is C17H20N2O2. The molecular weight excluding hydrogens is 264 g/mol. The van der Waals surface area contributed by atoms with Crippen molar-refractivity contribution in [3.63, 3.8) is 0 Å². The van der Waals surface area contributed by atoms with Crippen molar-refractivity contribution in [3.8, 4) is 0 Å². The van der Waals surface area contributed by atoms with Crippen LogP contribution in [0.5, 0.6) is 0 Å². The molecule has 2 aromatic rings. The number of rotatable bonds is 5. The van der Waals surface area contributed by atoms with Gasteiger partial charge in [-0.1, -0.05) is 6.07 Å². The highest BCUT2D eigenvalue weighted by Crippen LogP contribution is 2.19. The average Bonchev–Trinajstić information content (AvgIpc) is 2.48. The van der Waals surface area contributed by atoms with Crippen molar-refractivity contribution >= 4 is 11.7 Å². The minimum atomic E-state index is -0.295. The average molecular weight is 284 g/mol. The number of carbonyl (C=O) groups is 1. The number of hydrogen-bond donors (Lipinski definition) is 1. The van der Waals surface area contributed by atoms with Crippen LogP contribution in [-0.4, -0.2) is 17.1 Å². The number of benzene rings is 1. The lowest BCUT2D eigenvalue weighted by Gasteiger charge is -2.15. The molecule has 110 valence electrons. The number of pyridine rings is 1. The maximum Gasteiger partial charge on any atom is 0.338 e. The van der Waals surface area contributed by atoms with Crippen LogP contribution in [0.25, 0.3) is 0 Å². The Balaban J connectivity index is 2.01. The summed E-state index contributed by atoms with van der Waals surface area (Å²) < 4.78 is 5.16. The van der Waals surface area contributed by atoms with Gasteiger partial charge in [-0.15, -0.1) is 0 Å². The second-order valence-electron chi connectivity index (χ2n) is 5.18. The second-order valence-corrected chi connectivity index (χ2v) is 5.18. The van der Waals surface area contributed by atoms with Crippen LogP contribution in [-0.2, 0) is 4.74 Å². The van der Waals surface area contributed by atoms with Gasteiger partial charge in [0.25, 0.3) is 0 Å². The number of nitrogens with one attached hydrogen (secondary N) is 1. The molecule has 1 heterocycles. The molecule has 0 saturated heterocycles. The summed E-state index contributed by atoms with van der Waals surface area (Å²) >= 11 is 0. The third-order valence-electron chi connectivity index (χ3n) is 3.03. The van der Waals surface area contributed by atoms with Crippen molar-refractivity contribution in [2.45, 2.75) is 32.9 Å². The van der Waals surface area contributed by atoms with E-state index in [-0.39, 0.29) is 18.1 Å². The Morgan fingerprint density at radius 2 is 1.86 bits per heavy atom. The van der Waals surface area contributed by atoms with Gasteiger partial charge in [-0.05, 0) is 56.7 Å². The zero-order valence-corrected chi connectivity index (χ0v) is 12.5. The molecule has 0 aliphatic carbocycles. The van der Waals surface area contributed by atoms with Crippen LogP contribution in [0, 0.1) is 0 Å². The van der Waals surface area contributed by atoms with Crippen molar-refractivity contribution in [2.75, 3.05) is 5.32 Å². The van der Waals surface area contributed by atoms with Crippen LogP contribution in [0.4, 0.5) is 5.69 Å². The molecule has 1 N–H and O–H groups in total. The Kier molecular flexibility index (Phi) is 4.93. The van der Waals surface area contributed by atoms with E-state index in [0.717, 1.165) is 11.3 Å². The summed E-state index contributed by atoms with van der Waals surface area (Å²) in [6, 6.07) is 11.4. The van der Waals surface area contributed by atoms with E-state index in [0.29, 0.717) is 5.56 Å². The molecule has 1 unspecified atom stereocenters. The van der Waals surface area contributed by atoms with Crippen LogP contribution < -0.4 is 5.32 Å².